The van der Waals surface area contributed by atoms with E-state index in [2.05, 4.69) is 65.2 Å². The first-order valence-corrected chi connectivity index (χ1v) is 6.68. The molecule has 0 aromatic heterocycles. The number of hydrogen-bond donors (Lipinski definition) is 1. The molecule has 0 aliphatic heterocycles. The Hall–Kier alpha value is -0.540. The fourth-order valence-corrected chi connectivity index (χ4v) is 2.05. The molecule has 0 radical (unpaired) electrons. The van der Waals surface area contributed by atoms with E-state index in [0.29, 0.717) is 0 Å². The third-order valence-corrected chi connectivity index (χ3v) is 3.16. The van der Waals surface area contributed by atoms with Crippen LogP contribution in [0.2, 0.25) is 0 Å². The SMILES string of the molecule is CCCNCc1cc(Br)ccc1N(C)CC. The lowest BCUT2D eigenvalue weighted by Crippen LogP contribution is -2.21. The molecule has 0 fully saturated rings. The molecule has 0 aliphatic rings. The van der Waals surface area contributed by atoms with Gasteiger partial charge in [-0.3, -0.25) is 0 Å². The third-order valence-electron chi connectivity index (χ3n) is 2.67. The highest BCUT2D eigenvalue weighted by molar-refractivity contribution is 9.10. The minimum absolute atomic E-state index is 0.937. The summed E-state index contributed by atoms with van der Waals surface area (Å²) in [6, 6.07) is 6.48. The monoisotopic (exact) mass is 284 g/mol. The topological polar surface area (TPSA) is 15.3 Å². The van der Waals surface area contributed by atoms with Crippen molar-refractivity contribution in [3.63, 3.8) is 0 Å². The maximum absolute atomic E-state index is 3.53. The molecule has 1 rings (SSSR count). The summed E-state index contributed by atoms with van der Waals surface area (Å²) in [5.41, 5.74) is 2.67. The van der Waals surface area contributed by atoms with Gasteiger partial charge in [0.05, 0.1) is 0 Å². The number of rotatable bonds is 6. The van der Waals surface area contributed by atoms with Crippen LogP contribution in [0.15, 0.2) is 22.7 Å². The van der Waals surface area contributed by atoms with Crippen molar-refractivity contribution in [3.05, 3.63) is 28.2 Å². The zero-order valence-corrected chi connectivity index (χ0v) is 12.0. The first kappa shape index (κ1) is 13.5. The molecule has 2 nitrogen and oxygen atoms in total. The molecule has 1 aromatic carbocycles. The van der Waals surface area contributed by atoms with E-state index in [9.17, 15) is 0 Å². The summed E-state index contributed by atoms with van der Waals surface area (Å²) in [7, 11) is 2.13. The van der Waals surface area contributed by atoms with Crippen LogP contribution in [0.3, 0.4) is 0 Å². The molecular formula is C13H21BrN2. The van der Waals surface area contributed by atoms with Crippen molar-refractivity contribution in [2.24, 2.45) is 0 Å². The van der Waals surface area contributed by atoms with Gasteiger partial charge in [-0.1, -0.05) is 22.9 Å². The van der Waals surface area contributed by atoms with Gasteiger partial charge >= 0.3 is 0 Å². The molecule has 0 aliphatic carbocycles. The van der Waals surface area contributed by atoms with Gasteiger partial charge in [0, 0.05) is 30.3 Å². The average Bonchev–Trinajstić information content (AvgIpc) is 2.29. The summed E-state index contributed by atoms with van der Waals surface area (Å²) in [6.45, 7) is 7.40. The van der Waals surface area contributed by atoms with Gasteiger partial charge in [-0.15, -0.1) is 0 Å². The van der Waals surface area contributed by atoms with Crippen molar-refractivity contribution in [2.45, 2.75) is 26.8 Å². The molecule has 0 saturated heterocycles. The Labute approximate surface area is 107 Å². The van der Waals surface area contributed by atoms with Crippen LogP contribution in [0.1, 0.15) is 25.8 Å². The van der Waals surface area contributed by atoms with Crippen LogP contribution in [-0.2, 0) is 6.54 Å². The van der Waals surface area contributed by atoms with E-state index in [-0.39, 0.29) is 0 Å². The van der Waals surface area contributed by atoms with Crippen molar-refractivity contribution in [1.29, 1.82) is 0 Å². The molecule has 3 heteroatoms. The Morgan fingerprint density at radius 3 is 2.69 bits per heavy atom. The van der Waals surface area contributed by atoms with Crippen LogP contribution in [0.4, 0.5) is 5.69 Å². The van der Waals surface area contributed by atoms with Crippen molar-refractivity contribution >= 4 is 21.6 Å². The van der Waals surface area contributed by atoms with Crippen LogP contribution in [0.25, 0.3) is 0 Å². The molecule has 16 heavy (non-hydrogen) atoms. The standard InChI is InChI=1S/C13H21BrN2/c1-4-8-15-10-11-9-12(14)6-7-13(11)16(3)5-2/h6-7,9,15H,4-5,8,10H2,1-3H3. The Balaban J connectivity index is 2.81. The molecule has 0 amide bonds. The minimum Gasteiger partial charge on any atom is -0.375 e. The molecular weight excluding hydrogens is 264 g/mol. The minimum atomic E-state index is 0.937. The Kier molecular flexibility index (Phi) is 5.85. The van der Waals surface area contributed by atoms with Crippen LogP contribution < -0.4 is 10.2 Å². The highest BCUT2D eigenvalue weighted by Gasteiger charge is 2.06. The summed E-state index contributed by atoms with van der Waals surface area (Å²) in [4.78, 5) is 2.27. The van der Waals surface area contributed by atoms with E-state index < -0.39 is 0 Å². The maximum Gasteiger partial charge on any atom is 0.0409 e. The highest BCUT2D eigenvalue weighted by Crippen LogP contribution is 2.23. The Morgan fingerprint density at radius 2 is 2.06 bits per heavy atom. The molecule has 0 heterocycles. The predicted molar refractivity (Wildman–Crippen MR) is 75.1 cm³/mol. The molecule has 1 N–H and O–H groups in total. The summed E-state index contributed by atoms with van der Waals surface area (Å²) in [6.07, 6.45) is 1.17. The number of anilines is 1. The molecule has 0 spiro atoms. The zero-order valence-electron chi connectivity index (χ0n) is 10.4. The fourth-order valence-electron chi connectivity index (χ4n) is 1.64. The Bertz CT molecular complexity index is 326. The van der Waals surface area contributed by atoms with E-state index in [1.807, 2.05) is 0 Å². The molecule has 0 saturated carbocycles. The van der Waals surface area contributed by atoms with Gasteiger partial charge in [0.15, 0.2) is 0 Å². The molecule has 0 unspecified atom stereocenters. The van der Waals surface area contributed by atoms with Gasteiger partial charge in [-0.25, -0.2) is 0 Å². The summed E-state index contributed by atoms with van der Waals surface area (Å²) < 4.78 is 1.15. The number of benzene rings is 1. The van der Waals surface area contributed by atoms with E-state index in [1.165, 1.54) is 17.7 Å². The predicted octanol–water partition coefficient (Wildman–Crippen LogP) is 3.40. The molecule has 0 atom stereocenters. The summed E-state index contributed by atoms with van der Waals surface area (Å²) in [5, 5.41) is 3.45. The number of hydrogen-bond acceptors (Lipinski definition) is 2. The van der Waals surface area contributed by atoms with Crippen molar-refractivity contribution in [1.82, 2.24) is 5.32 Å². The smallest absolute Gasteiger partial charge is 0.0409 e. The van der Waals surface area contributed by atoms with Gasteiger partial charge in [0.1, 0.15) is 0 Å². The third kappa shape index (κ3) is 3.80. The Morgan fingerprint density at radius 1 is 1.31 bits per heavy atom. The van der Waals surface area contributed by atoms with Crippen molar-refractivity contribution in [3.8, 4) is 0 Å². The highest BCUT2D eigenvalue weighted by atomic mass is 79.9. The lowest BCUT2D eigenvalue weighted by molar-refractivity contribution is 0.674. The lowest BCUT2D eigenvalue weighted by Gasteiger charge is -2.21. The largest absolute Gasteiger partial charge is 0.375 e. The normalized spacial score (nSPS) is 10.5. The number of halogens is 1. The molecule has 90 valence electrons. The van der Waals surface area contributed by atoms with Crippen LogP contribution in [0, 0.1) is 0 Å². The van der Waals surface area contributed by atoms with E-state index in [1.54, 1.807) is 0 Å². The van der Waals surface area contributed by atoms with Gasteiger partial charge in [-0.2, -0.15) is 0 Å². The molecule has 0 bridgehead atoms. The van der Waals surface area contributed by atoms with E-state index >= 15 is 0 Å². The maximum atomic E-state index is 3.53. The zero-order chi connectivity index (χ0) is 12.0. The average molecular weight is 285 g/mol. The molecule has 1 aromatic rings. The van der Waals surface area contributed by atoms with Crippen LogP contribution in [0.5, 0.6) is 0 Å². The summed E-state index contributed by atoms with van der Waals surface area (Å²) in [5.74, 6) is 0. The first-order valence-electron chi connectivity index (χ1n) is 5.89. The lowest BCUT2D eigenvalue weighted by atomic mass is 10.1. The second kappa shape index (κ2) is 6.92. The van der Waals surface area contributed by atoms with Crippen LogP contribution >= 0.6 is 15.9 Å². The second-order valence-corrected chi connectivity index (χ2v) is 4.88. The van der Waals surface area contributed by atoms with Gasteiger partial charge < -0.3 is 10.2 Å². The number of nitrogens with zero attached hydrogens (tertiary/aromatic N) is 1. The van der Waals surface area contributed by atoms with E-state index in [4.69, 9.17) is 0 Å². The van der Waals surface area contributed by atoms with E-state index in [0.717, 1.165) is 24.1 Å². The summed E-state index contributed by atoms with van der Waals surface area (Å²) >= 11 is 3.53. The number of nitrogens with one attached hydrogen (secondary N) is 1. The fraction of sp³-hybridized carbons (Fsp3) is 0.538. The van der Waals surface area contributed by atoms with Gasteiger partial charge in [0.25, 0.3) is 0 Å². The van der Waals surface area contributed by atoms with Gasteiger partial charge in [0.2, 0.25) is 0 Å². The first-order chi connectivity index (χ1) is 7.69. The van der Waals surface area contributed by atoms with Crippen LogP contribution in [-0.4, -0.2) is 20.1 Å². The quantitative estimate of drug-likeness (QED) is 0.806. The second-order valence-electron chi connectivity index (χ2n) is 3.96. The van der Waals surface area contributed by atoms with Crippen molar-refractivity contribution < 1.29 is 0 Å². The van der Waals surface area contributed by atoms with Crippen molar-refractivity contribution in [2.75, 3.05) is 25.0 Å². The van der Waals surface area contributed by atoms with Gasteiger partial charge in [-0.05, 0) is 43.7 Å².